The molecule has 0 aromatic carbocycles. The quantitative estimate of drug-likeness (QED) is 0.805. The highest BCUT2D eigenvalue weighted by Crippen LogP contribution is 2.32. The number of nitrogens with zero attached hydrogens (tertiary/aromatic N) is 2. The standard InChI is InChI=1S/C17H17N3OS/c1-10-8-11(2)20-17-14(10)12(3)15(22-17)16(21)19-9-13-6-4-5-7-18-13/h4-8H,9H2,1-3H3,(H,19,21). The van der Waals surface area contributed by atoms with Gasteiger partial charge in [-0.3, -0.25) is 9.78 Å². The van der Waals surface area contributed by atoms with Gasteiger partial charge in [0, 0.05) is 17.3 Å². The van der Waals surface area contributed by atoms with Crippen LogP contribution < -0.4 is 5.32 Å². The Labute approximate surface area is 133 Å². The third-order valence-corrected chi connectivity index (χ3v) is 4.77. The second-order valence-corrected chi connectivity index (χ2v) is 6.32. The van der Waals surface area contributed by atoms with Crippen LogP contribution in [-0.2, 0) is 6.54 Å². The number of carbonyl (C=O) groups is 1. The molecule has 0 aliphatic rings. The molecular weight excluding hydrogens is 294 g/mol. The number of fused-ring (bicyclic) bond motifs is 1. The molecule has 0 aliphatic carbocycles. The zero-order valence-electron chi connectivity index (χ0n) is 12.8. The van der Waals surface area contributed by atoms with E-state index in [-0.39, 0.29) is 5.91 Å². The van der Waals surface area contributed by atoms with Gasteiger partial charge in [0.05, 0.1) is 17.1 Å². The Hall–Kier alpha value is -2.27. The maximum absolute atomic E-state index is 12.4. The van der Waals surface area contributed by atoms with Crippen molar-refractivity contribution < 1.29 is 4.79 Å². The predicted octanol–water partition coefficient (Wildman–Crippen LogP) is 3.55. The number of aryl methyl sites for hydroxylation is 3. The summed E-state index contributed by atoms with van der Waals surface area (Å²) in [4.78, 5) is 22.9. The third-order valence-electron chi connectivity index (χ3n) is 3.59. The first kappa shape index (κ1) is 14.7. The fourth-order valence-electron chi connectivity index (χ4n) is 2.59. The number of rotatable bonds is 3. The van der Waals surface area contributed by atoms with Crippen LogP contribution in [0.4, 0.5) is 0 Å². The Morgan fingerprint density at radius 2 is 2.09 bits per heavy atom. The van der Waals surface area contributed by atoms with Crippen molar-refractivity contribution in [1.82, 2.24) is 15.3 Å². The van der Waals surface area contributed by atoms with Gasteiger partial charge in [-0.25, -0.2) is 4.98 Å². The van der Waals surface area contributed by atoms with Crippen LogP contribution >= 0.6 is 11.3 Å². The smallest absolute Gasteiger partial charge is 0.262 e. The molecule has 0 saturated carbocycles. The minimum absolute atomic E-state index is 0.0665. The molecule has 0 bridgehead atoms. The first-order chi connectivity index (χ1) is 10.6. The van der Waals surface area contributed by atoms with Gasteiger partial charge < -0.3 is 5.32 Å². The van der Waals surface area contributed by atoms with Crippen LogP contribution in [0.25, 0.3) is 10.2 Å². The molecule has 112 valence electrons. The van der Waals surface area contributed by atoms with Crippen LogP contribution in [0.3, 0.4) is 0 Å². The van der Waals surface area contributed by atoms with Crippen LogP contribution in [0.15, 0.2) is 30.5 Å². The van der Waals surface area contributed by atoms with E-state index in [1.165, 1.54) is 16.9 Å². The summed E-state index contributed by atoms with van der Waals surface area (Å²) in [6, 6.07) is 7.72. The maximum Gasteiger partial charge on any atom is 0.262 e. The normalized spacial score (nSPS) is 10.9. The minimum Gasteiger partial charge on any atom is -0.346 e. The minimum atomic E-state index is -0.0665. The molecule has 0 spiro atoms. The highest BCUT2D eigenvalue weighted by molar-refractivity contribution is 7.20. The van der Waals surface area contributed by atoms with E-state index in [0.717, 1.165) is 32.0 Å². The predicted molar refractivity (Wildman–Crippen MR) is 89.2 cm³/mol. The van der Waals surface area contributed by atoms with Crippen molar-refractivity contribution in [3.8, 4) is 0 Å². The third kappa shape index (κ3) is 2.72. The van der Waals surface area contributed by atoms with E-state index < -0.39 is 0 Å². The lowest BCUT2D eigenvalue weighted by Gasteiger charge is -2.04. The average molecular weight is 311 g/mol. The van der Waals surface area contributed by atoms with E-state index in [0.29, 0.717) is 6.54 Å². The van der Waals surface area contributed by atoms with Gasteiger partial charge >= 0.3 is 0 Å². The molecule has 1 N–H and O–H groups in total. The monoisotopic (exact) mass is 311 g/mol. The summed E-state index contributed by atoms with van der Waals surface area (Å²) in [5.41, 5.74) is 4.00. The number of amides is 1. The Bertz CT molecular complexity index is 840. The SMILES string of the molecule is Cc1cc(C)c2c(C)c(C(=O)NCc3ccccn3)sc2n1. The van der Waals surface area contributed by atoms with E-state index in [9.17, 15) is 4.79 Å². The molecule has 0 atom stereocenters. The van der Waals surface area contributed by atoms with Crippen LogP contribution in [0.5, 0.6) is 0 Å². The molecule has 0 aliphatic heterocycles. The molecule has 4 nitrogen and oxygen atoms in total. The fraction of sp³-hybridized carbons (Fsp3) is 0.235. The number of hydrogen-bond acceptors (Lipinski definition) is 4. The molecule has 3 aromatic heterocycles. The molecule has 3 heterocycles. The van der Waals surface area contributed by atoms with Crippen LogP contribution in [-0.4, -0.2) is 15.9 Å². The second kappa shape index (κ2) is 5.85. The van der Waals surface area contributed by atoms with Gasteiger partial charge in [-0.1, -0.05) is 6.07 Å². The molecular formula is C17H17N3OS. The van der Waals surface area contributed by atoms with Gasteiger partial charge in [-0.2, -0.15) is 0 Å². The Balaban J connectivity index is 1.88. The van der Waals surface area contributed by atoms with Gasteiger partial charge in [-0.15, -0.1) is 11.3 Å². The van der Waals surface area contributed by atoms with E-state index >= 15 is 0 Å². The summed E-state index contributed by atoms with van der Waals surface area (Å²) in [5, 5.41) is 4.03. The highest BCUT2D eigenvalue weighted by atomic mass is 32.1. The Kier molecular flexibility index (Phi) is 3.90. The van der Waals surface area contributed by atoms with Crippen molar-refractivity contribution in [3.05, 3.63) is 57.9 Å². The van der Waals surface area contributed by atoms with Crippen molar-refractivity contribution in [2.75, 3.05) is 0 Å². The zero-order valence-corrected chi connectivity index (χ0v) is 13.6. The molecule has 22 heavy (non-hydrogen) atoms. The topological polar surface area (TPSA) is 54.9 Å². The number of thiophene rings is 1. The molecule has 0 saturated heterocycles. The van der Waals surface area contributed by atoms with Crippen molar-refractivity contribution >= 4 is 27.5 Å². The summed E-state index contributed by atoms with van der Waals surface area (Å²) in [6.45, 7) is 6.45. The Morgan fingerprint density at radius 1 is 1.27 bits per heavy atom. The number of carbonyl (C=O) groups excluding carboxylic acids is 1. The number of nitrogens with one attached hydrogen (secondary N) is 1. The maximum atomic E-state index is 12.4. The fourth-order valence-corrected chi connectivity index (χ4v) is 3.81. The van der Waals surface area contributed by atoms with Crippen molar-refractivity contribution in [2.24, 2.45) is 0 Å². The summed E-state index contributed by atoms with van der Waals surface area (Å²) >= 11 is 1.45. The van der Waals surface area contributed by atoms with Gasteiger partial charge in [0.25, 0.3) is 5.91 Å². The molecule has 0 unspecified atom stereocenters. The van der Waals surface area contributed by atoms with Gasteiger partial charge in [0.1, 0.15) is 4.83 Å². The summed E-state index contributed by atoms with van der Waals surface area (Å²) in [5.74, 6) is -0.0665. The first-order valence-corrected chi connectivity index (χ1v) is 7.93. The van der Waals surface area contributed by atoms with E-state index in [1.54, 1.807) is 6.20 Å². The summed E-state index contributed by atoms with van der Waals surface area (Å²) in [7, 11) is 0. The number of aromatic nitrogens is 2. The number of pyridine rings is 2. The van der Waals surface area contributed by atoms with Crippen LogP contribution in [0, 0.1) is 20.8 Å². The number of hydrogen-bond donors (Lipinski definition) is 1. The first-order valence-electron chi connectivity index (χ1n) is 7.11. The molecule has 3 rings (SSSR count). The van der Waals surface area contributed by atoms with Crippen molar-refractivity contribution in [3.63, 3.8) is 0 Å². The average Bonchev–Trinajstić information content (AvgIpc) is 2.83. The van der Waals surface area contributed by atoms with E-state index in [1.807, 2.05) is 32.0 Å². The highest BCUT2D eigenvalue weighted by Gasteiger charge is 2.17. The zero-order chi connectivity index (χ0) is 15.7. The lowest BCUT2D eigenvalue weighted by atomic mass is 10.1. The lowest BCUT2D eigenvalue weighted by molar-refractivity contribution is 0.0954. The Morgan fingerprint density at radius 3 is 2.82 bits per heavy atom. The summed E-state index contributed by atoms with van der Waals surface area (Å²) in [6.07, 6.45) is 1.72. The van der Waals surface area contributed by atoms with E-state index in [4.69, 9.17) is 0 Å². The van der Waals surface area contributed by atoms with Gasteiger partial charge in [0.2, 0.25) is 0 Å². The molecule has 0 fully saturated rings. The second-order valence-electron chi connectivity index (χ2n) is 5.32. The van der Waals surface area contributed by atoms with E-state index in [2.05, 4.69) is 28.3 Å². The molecule has 3 aromatic rings. The molecule has 5 heteroatoms. The van der Waals surface area contributed by atoms with Crippen molar-refractivity contribution in [2.45, 2.75) is 27.3 Å². The van der Waals surface area contributed by atoms with Gasteiger partial charge in [-0.05, 0) is 50.1 Å². The summed E-state index contributed by atoms with van der Waals surface area (Å²) < 4.78 is 0. The lowest BCUT2D eigenvalue weighted by Crippen LogP contribution is -2.22. The molecule has 1 amide bonds. The van der Waals surface area contributed by atoms with Crippen LogP contribution in [0.2, 0.25) is 0 Å². The van der Waals surface area contributed by atoms with Crippen LogP contribution in [0.1, 0.15) is 32.2 Å². The molecule has 0 radical (unpaired) electrons. The largest absolute Gasteiger partial charge is 0.346 e. The van der Waals surface area contributed by atoms with Crippen molar-refractivity contribution in [1.29, 1.82) is 0 Å². The van der Waals surface area contributed by atoms with Gasteiger partial charge in [0.15, 0.2) is 0 Å².